The number of fused-ring (bicyclic) bond motifs is 3. The Hall–Kier alpha value is -0.227. The summed E-state index contributed by atoms with van der Waals surface area (Å²) in [7, 11) is 0. The second-order valence-electron chi connectivity index (χ2n) is 4.33. The molecule has 0 amide bonds. The molecule has 0 atom stereocenters. The molecule has 0 spiro atoms. The molecule has 0 unspecified atom stereocenters. The molecule has 3 rings (SSSR count). The zero-order chi connectivity index (χ0) is 10.4. The molecule has 0 aliphatic heterocycles. The molecular formula is C15H15Cl2Zr-. The summed E-state index contributed by atoms with van der Waals surface area (Å²) in [6.45, 7) is 4.28. The van der Waals surface area contributed by atoms with E-state index in [1.54, 1.807) is 0 Å². The average Bonchev–Trinajstić information content (AvgIpc) is 2.53. The van der Waals surface area contributed by atoms with Gasteiger partial charge in [-0.3, -0.25) is 0 Å². The predicted molar refractivity (Wildman–Crippen MR) is 81.0 cm³/mol. The molecule has 3 heteroatoms. The van der Waals surface area contributed by atoms with Crippen molar-refractivity contribution in [3.05, 3.63) is 53.6 Å². The monoisotopic (exact) mass is 355 g/mol. The second-order valence-corrected chi connectivity index (χ2v) is 4.33. The summed E-state index contributed by atoms with van der Waals surface area (Å²) in [6.07, 6.45) is 0. The number of benzene rings is 2. The minimum atomic E-state index is 0. The molecule has 0 aliphatic carbocycles. The van der Waals surface area contributed by atoms with Crippen LogP contribution in [-0.4, -0.2) is 0 Å². The maximum Gasteiger partial charge on any atom is 0 e. The molecule has 0 saturated carbocycles. The van der Waals surface area contributed by atoms with Crippen LogP contribution in [0, 0.1) is 13.8 Å². The summed E-state index contributed by atoms with van der Waals surface area (Å²) >= 11 is 0. The molecule has 0 N–H and O–H groups in total. The van der Waals surface area contributed by atoms with Gasteiger partial charge in [0.05, 0.1) is 0 Å². The van der Waals surface area contributed by atoms with Crippen LogP contribution in [0.4, 0.5) is 0 Å². The standard InChI is InChI=1S/C15H13.2ClH.Zr/c1-10-3-5-14-12(7-10)9-13-8-11(2)4-6-15(13)14;;;/h3-9H,1-2H3;2*1H;/q-1;;;. The fourth-order valence-electron chi connectivity index (χ4n) is 2.26. The van der Waals surface area contributed by atoms with Crippen LogP contribution in [0.1, 0.15) is 11.1 Å². The van der Waals surface area contributed by atoms with E-state index >= 15 is 0 Å². The molecule has 0 aromatic heterocycles. The van der Waals surface area contributed by atoms with Gasteiger partial charge in [0.15, 0.2) is 0 Å². The van der Waals surface area contributed by atoms with Crippen molar-refractivity contribution >= 4 is 46.4 Å². The van der Waals surface area contributed by atoms with Crippen LogP contribution < -0.4 is 0 Å². The number of aryl methyl sites for hydroxylation is 2. The SMILES string of the molecule is Cc1ccc2c(c1)[cH-]c1cc(C)ccc12.Cl.Cl.[Zr]. The first-order chi connectivity index (χ1) is 7.24. The van der Waals surface area contributed by atoms with Gasteiger partial charge in [0.1, 0.15) is 0 Å². The molecule has 3 aromatic carbocycles. The number of hydrogen-bond acceptors (Lipinski definition) is 0. The maximum atomic E-state index is 2.28. The third kappa shape index (κ3) is 3.02. The van der Waals surface area contributed by atoms with E-state index in [9.17, 15) is 0 Å². The van der Waals surface area contributed by atoms with Crippen molar-refractivity contribution in [2.75, 3.05) is 0 Å². The van der Waals surface area contributed by atoms with Gasteiger partial charge in [0.25, 0.3) is 0 Å². The van der Waals surface area contributed by atoms with Crippen molar-refractivity contribution < 1.29 is 26.2 Å². The molecule has 3 aromatic rings. The number of hydrogen-bond donors (Lipinski definition) is 0. The van der Waals surface area contributed by atoms with E-state index in [0.717, 1.165) is 0 Å². The Morgan fingerprint density at radius 2 is 1.11 bits per heavy atom. The molecule has 0 saturated heterocycles. The van der Waals surface area contributed by atoms with Crippen molar-refractivity contribution in [3.8, 4) is 0 Å². The minimum absolute atomic E-state index is 0. The Morgan fingerprint density at radius 3 is 1.50 bits per heavy atom. The van der Waals surface area contributed by atoms with Crippen LogP contribution in [0.2, 0.25) is 0 Å². The van der Waals surface area contributed by atoms with Crippen molar-refractivity contribution in [2.24, 2.45) is 0 Å². The molecule has 18 heavy (non-hydrogen) atoms. The molecule has 0 radical (unpaired) electrons. The summed E-state index contributed by atoms with van der Waals surface area (Å²) < 4.78 is 0. The van der Waals surface area contributed by atoms with Gasteiger partial charge in [0, 0.05) is 26.2 Å². The van der Waals surface area contributed by atoms with E-state index in [-0.39, 0.29) is 51.0 Å². The molecule has 0 fully saturated rings. The smallest absolute Gasteiger partial charge is 0 e. The Morgan fingerprint density at radius 1 is 0.722 bits per heavy atom. The van der Waals surface area contributed by atoms with Gasteiger partial charge in [-0.1, -0.05) is 35.4 Å². The third-order valence-electron chi connectivity index (χ3n) is 3.02. The summed E-state index contributed by atoms with van der Waals surface area (Å²) in [5.41, 5.74) is 2.66. The molecule has 0 heterocycles. The van der Waals surface area contributed by atoms with Crippen LogP contribution in [-0.2, 0) is 26.2 Å². The van der Waals surface area contributed by atoms with E-state index in [2.05, 4.69) is 56.3 Å². The van der Waals surface area contributed by atoms with Crippen molar-refractivity contribution in [2.45, 2.75) is 13.8 Å². The molecular weight excluding hydrogens is 342 g/mol. The number of rotatable bonds is 0. The van der Waals surface area contributed by atoms with Crippen molar-refractivity contribution in [3.63, 3.8) is 0 Å². The quantitative estimate of drug-likeness (QED) is 0.487. The van der Waals surface area contributed by atoms with Crippen LogP contribution in [0.25, 0.3) is 21.5 Å². The van der Waals surface area contributed by atoms with Crippen LogP contribution in [0.15, 0.2) is 42.5 Å². The Labute approximate surface area is 139 Å². The van der Waals surface area contributed by atoms with E-state index in [1.165, 1.54) is 32.7 Å². The van der Waals surface area contributed by atoms with Gasteiger partial charge in [-0.2, -0.15) is 0 Å². The van der Waals surface area contributed by atoms with Crippen LogP contribution in [0.5, 0.6) is 0 Å². The normalized spacial score (nSPS) is 9.44. The fraction of sp³-hybridized carbons (Fsp3) is 0.133. The summed E-state index contributed by atoms with van der Waals surface area (Å²) in [5.74, 6) is 0. The average molecular weight is 357 g/mol. The van der Waals surface area contributed by atoms with E-state index < -0.39 is 0 Å². The molecule has 0 nitrogen and oxygen atoms in total. The summed E-state index contributed by atoms with van der Waals surface area (Å²) in [5, 5.41) is 5.46. The van der Waals surface area contributed by atoms with Gasteiger partial charge >= 0.3 is 0 Å². The topological polar surface area (TPSA) is 0 Å². The molecule has 0 aliphatic rings. The second kappa shape index (κ2) is 6.80. The van der Waals surface area contributed by atoms with E-state index in [1.807, 2.05) is 0 Å². The zero-order valence-electron chi connectivity index (χ0n) is 10.4. The van der Waals surface area contributed by atoms with Crippen molar-refractivity contribution in [1.29, 1.82) is 0 Å². The first-order valence-corrected chi connectivity index (χ1v) is 5.30. The first kappa shape index (κ1) is 17.8. The van der Waals surface area contributed by atoms with Crippen molar-refractivity contribution in [1.82, 2.24) is 0 Å². The van der Waals surface area contributed by atoms with Gasteiger partial charge in [-0.15, -0.1) is 64.6 Å². The van der Waals surface area contributed by atoms with Gasteiger partial charge in [-0.05, 0) is 13.8 Å². The van der Waals surface area contributed by atoms with E-state index in [4.69, 9.17) is 0 Å². The summed E-state index contributed by atoms with van der Waals surface area (Å²) in [4.78, 5) is 0. The minimum Gasteiger partial charge on any atom is -0.147 e. The first-order valence-electron chi connectivity index (χ1n) is 5.30. The van der Waals surface area contributed by atoms with Crippen LogP contribution >= 0.6 is 24.8 Å². The van der Waals surface area contributed by atoms with Crippen LogP contribution in [0.3, 0.4) is 0 Å². The predicted octanol–water partition coefficient (Wildman–Crippen LogP) is 5.17. The van der Waals surface area contributed by atoms with E-state index in [0.29, 0.717) is 0 Å². The molecule has 94 valence electrons. The Balaban J connectivity index is 0.000000963. The van der Waals surface area contributed by atoms with Gasteiger partial charge in [0.2, 0.25) is 0 Å². The third-order valence-corrected chi connectivity index (χ3v) is 3.02. The molecule has 0 bridgehead atoms. The number of halogens is 2. The Bertz CT molecular complexity index is 600. The van der Waals surface area contributed by atoms with Gasteiger partial charge in [-0.25, -0.2) is 0 Å². The summed E-state index contributed by atoms with van der Waals surface area (Å²) in [6, 6.07) is 15.6. The Kier molecular flexibility index (Phi) is 6.71. The fourth-order valence-corrected chi connectivity index (χ4v) is 2.26. The van der Waals surface area contributed by atoms with Gasteiger partial charge < -0.3 is 0 Å². The largest absolute Gasteiger partial charge is 0.147 e. The zero-order valence-corrected chi connectivity index (χ0v) is 14.4. The maximum absolute atomic E-state index is 2.28.